The van der Waals surface area contributed by atoms with E-state index in [1.54, 1.807) is 7.11 Å². The molecule has 2 heteroatoms. The molecule has 1 aliphatic rings. The van der Waals surface area contributed by atoms with Crippen molar-refractivity contribution in [1.29, 1.82) is 0 Å². The number of hydrogen-bond donors (Lipinski definition) is 1. The third-order valence-electron chi connectivity index (χ3n) is 3.60. The van der Waals surface area contributed by atoms with Crippen molar-refractivity contribution in [2.45, 2.75) is 44.1 Å². The van der Waals surface area contributed by atoms with Crippen LogP contribution in [0.3, 0.4) is 0 Å². The molecule has 1 N–H and O–H groups in total. The van der Waals surface area contributed by atoms with E-state index in [1.807, 2.05) is 6.07 Å². The highest BCUT2D eigenvalue weighted by atomic mass is 16.5. The van der Waals surface area contributed by atoms with Gasteiger partial charge in [-0.2, -0.15) is 0 Å². The maximum Gasteiger partial charge on any atom is 0.0690 e. The summed E-state index contributed by atoms with van der Waals surface area (Å²) in [6, 6.07) is 8.39. The average Bonchev–Trinajstić information content (AvgIpc) is 2.96. The van der Waals surface area contributed by atoms with Gasteiger partial charge in [0.15, 0.2) is 0 Å². The van der Waals surface area contributed by atoms with Crippen molar-refractivity contribution in [3.63, 3.8) is 0 Å². The van der Waals surface area contributed by atoms with Crippen molar-refractivity contribution in [2.75, 3.05) is 13.7 Å². The Bertz CT molecular complexity index is 392. The molecular formula is C15H22O2. The van der Waals surface area contributed by atoms with Crippen LogP contribution in [-0.2, 0) is 16.6 Å². The van der Waals surface area contributed by atoms with E-state index in [4.69, 9.17) is 4.74 Å². The Morgan fingerprint density at radius 1 is 1.29 bits per heavy atom. The van der Waals surface area contributed by atoms with Gasteiger partial charge in [0.05, 0.1) is 12.2 Å². The monoisotopic (exact) mass is 234 g/mol. The van der Waals surface area contributed by atoms with Crippen LogP contribution in [0.5, 0.6) is 0 Å². The molecule has 0 radical (unpaired) electrons. The van der Waals surface area contributed by atoms with E-state index in [0.29, 0.717) is 6.61 Å². The third-order valence-corrected chi connectivity index (χ3v) is 3.60. The van der Waals surface area contributed by atoms with Crippen LogP contribution in [-0.4, -0.2) is 24.4 Å². The minimum atomic E-state index is -0.431. The largest absolute Gasteiger partial charge is 0.390 e. The summed E-state index contributed by atoms with van der Waals surface area (Å²) in [5.41, 5.74) is 2.12. The number of rotatable bonds is 5. The van der Waals surface area contributed by atoms with Crippen molar-refractivity contribution in [3.05, 3.63) is 35.4 Å². The molecule has 94 valence electrons. The number of hydrogen-bond acceptors (Lipinski definition) is 2. The molecular weight excluding hydrogens is 212 g/mol. The van der Waals surface area contributed by atoms with Crippen LogP contribution >= 0.6 is 0 Å². The normalized spacial score (nSPS) is 18.1. The zero-order chi connectivity index (χ0) is 12.5. The summed E-state index contributed by atoms with van der Waals surface area (Å²) in [6.07, 6.45) is 2.65. The second-order valence-corrected chi connectivity index (χ2v) is 5.88. The smallest absolute Gasteiger partial charge is 0.0690 e. The van der Waals surface area contributed by atoms with E-state index in [-0.39, 0.29) is 5.41 Å². The van der Waals surface area contributed by atoms with E-state index >= 15 is 0 Å². The van der Waals surface area contributed by atoms with Gasteiger partial charge in [0.25, 0.3) is 0 Å². The molecule has 1 fully saturated rings. The summed E-state index contributed by atoms with van der Waals surface area (Å²) in [6.45, 7) is 5.07. The molecule has 1 saturated carbocycles. The highest BCUT2D eigenvalue weighted by Gasteiger charge is 2.41. The predicted octanol–water partition coefficient (Wildman–Crippen LogP) is 2.68. The van der Waals surface area contributed by atoms with Crippen molar-refractivity contribution >= 4 is 0 Å². The van der Waals surface area contributed by atoms with Gasteiger partial charge >= 0.3 is 0 Å². The van der Waals surface area contributed by atoms with Gasteiger partial charge in [-0.1, -0.05) is 38.1 Å². The Balaban J connectivity index is 2.26. The zero-order valence-electron chi connectivity index (χ0n) is 11.0. The minimum absolute atomic E-state index is 0.00338. The lowest BCUT2D eigenvalue weighted by atomic mass is 9.81. The lowest BCUT2D eigenvalue weighted by Gasteiger charge is -2.27. The fourth-order valence-electron chi connectivity index (χ4n) is 2.45. The summed E-state index contributed by atoms with van der Waals surface area (Å²) < 4.78 is 5.30. The van der Waals surface area contributed by atoms with Gasteiger partial charge < -0.3 is 9.84 Å². The number of ether oxygens (including phenoxy) is 1. The van der Waals surface area contributed by atoms with E-state index in [0.717, 1.165) is 19.3 Å². The van der Waals surface area contributed by atoms with Crippen molar-refractivity contribution in [2.24, 2.45) is 0 Å². The standard InChI is InChI=1S/C15H22O2/c1-14(2,11-17-3)13-7-5-4-6-12(13)10-15(16)8-9-15/h4-7,16H,8-11H2,1-3H3. The summed E-state index contributed by atoms with van der Waals surface area (Å²) in [4.78, 5) is 0. The molecule has 0 spiro atoms. The van der Waals surface area contributed by atoms with Crippen LogP contribution in [0.4, 0.5) is 0 Å². The maximum absolute atomic E-state index is 10.1. The molecule has 2 rings (SSSR count). The first-order valence-corrected chi connectivity index (χ1v) is 6.27. The molecule has 0 aliphatic heterocycles. The van der Waals surface area contributed by atoms with Crippen LogP contribution in [0.2, 0.25) is 0 Å². The maximum atomic E-state index is 10.1. The van der Waals surface area contributed by atoms with Crippen LogP contribution in [0.15, 0.2) is 24.3 Å². The van der Waals surface area contributed by atoms with Gasteiger partial charge in [-0.3, -0.25) is 0 Å². The van der Waals surface area contributed by atoms with Gasteiger partial charge in [0.1, 0.15) is 0 Å². The van der Waals surface area contributed by atoms with Crippen LogP contribution < -0.4 is 0 Å². The SMILES string of the molecule is COCC(C)(C)c1ccccc1CC1(O)CC1. The zero-order valence-corrected chi connectivity index (χ0v) is 11.0. The topological polar surface area (TPSA) is 29.5 Å². The molecule has 0 saturated heterocycles. The molecule has 1 aromatic rings. The van der Waals surface area contributed by atoms with Crippen molar-refractivity contribution in [3.8, 4) is 0 Å². The van der Waals surface area contributed by atoms with Gasteiger partial charge in [0.2, 0.25) is 0 Å². The number of aliphatic hydroxyl groups is 1. The summed E-state index contributed by atoms with van der Waals surface area (Å²) in [5, 5.41) is 10.1. The second-order valence-electron chi connectivity index (χ2n) is 5.88. The van der Waals surface area contributed by atoms with E-state index in [2.05, 4.69) is 32.0 Å². The average molecular weight is 234 g/mol. The molecule has 2 nitrogen and oxygen atoms in total. The number of benzene rings is 1. The van der Waals surface area contributed by atoms with Crippen LogP contribution in [0, 0.1) is 0 Å². The molecule has 0 unspecified atom stereocenters. The lowest BCUT2D eigenvalue weighted by molar-refractivity contribution is 0.140. The highest BCUT2D eigenvalue weighted by Crippen LogP contribution is 2.40. The summed E-state index contributed by atoms with van der Waals surface area (Å²) in [5.74, 6) is 0. The second kappa shape index (κ2) is 4.43. The first-order chi connectivity index (χ1) is 7.97. The van der Waals surface area contributed by atoms with Gasteiger partial charge in [-0.25, -0.2) is 0 Å². The minimum Gasteiger partial charge on any atom is -0.390 e. The fraction of sp³-hybridized carbons (Fsp3) is 0.600. The van der Waals surface area contributed by atoms with Crippen LogP contribution in [0.1, 0.15) is 37.8 Å². The molecule has 0 heterocycles. The molecule has 0 atom stereocenters. The Labute approximate surface area is 104 Å². The molecule has 17 heavy (non-hydrogen) atoms. The molecule has 1 aromatic carbocycles. The quantitative estimate of drug-likeness (QED) is 0.848. The highest BCUT2D eigenvalue weighted by molar-refractivity contribution is 5.35. The molecule has 0 aromatic heterocycles. The fourth-order valence-corrected chi connectivity index (χ4v) is 2.45. The molecule has 1 aliphatic carbocycles. The number of methoxy groups -OCH3 is 1. The Hall–Kier alpha value is -0.860. The lowest BCUT2D eigenvalue weighted by Crippen LogP contribution is -2.26. The van der Waals surface area contributed by atoms with Gasteiger partial charge in [0, 0.05) is 18.9 Å². The van der Waals surface area contributed by atoms with Crippen LogP contribution in [0.25, 0.3) is 0 Å². The van der Waals surface area contributed by atoms with Gasteiger partial charge in [-0.15, -0.1) is 0 Å². The first kappa shape index (κ1) is 12.6. The molecule has 0 amide bonds. The Morgan fingerprint density at radius 2 is 1.94 bits per heavy atom. The third kappa shape index (κ3) is 2.88. The van der Waals surface area contributed by atoms with E-state index in [9.17, 15) is 5.11 Å². The first-order valence-electron chi connectivity index (χ1n) is 6.27. The Kier molecular flexibility index (Phi) is 3.28. The molecule has 0 bridgehead atoms. The predicted molar refractivity (Wildman–Crippen MR) is 69.2 cm³/mol. The summed E-state index contributed by atoms with van der Waals surface area (Å²) in [7, 11) is 1.73. The van der Waals surface area contributed by atoms with Crippen molar-refractivity contribution in [1.82, 2.24) is 0 Å². The Morgan fingerprint density at radius 3 is 2.53 bits per heavy atom. The van der Waals surface area contributed by atoms with Crippen molar-refractivity contribution < 1.29 is 9.84 Å². The van der Waals surface area contributed by atoms with E-state index in [1.165, 1.54) is 11.1 Å². The van der Waals surface area contributed by atoms with E-state index < -0.39 is 5.60 Å². The summed E-state index contributed by atoms with van der Waals surface area (Å²) >= 11 is 0. The van der Waals surface area contributed by atoms with Gasteiger partial charge in [-0.05, 0) is 24.0 Å².